The Balaban J connectivity index is 0.000000258. The Morgan fingerprint density at radius 2 is 1.00 bits per heavy atom. The number of hydrogen-bond donors (Lipinski definition) is 0. The van der Waals surface area contributed by atoms with Gasteiger partial charge in [-0.2, -0.15) is 0 Å². The number of likely N-dealkylation sites (N-methyl/N-ethyl adjacent to an activating group) is 4. The van der Waals surface area contributed by atoms with Crippen LogP contribution < -0.4 is 0 Å². The normalized spacial score (nSPS) is 32.9. The first kappa shape index (κ1) is 27.9. The molecule has 0 amide bonds. The van der Waals surface area contributed by atoms with Crippen LogP contribution in [-0.2, 0) is 9.59 Å². The van der Waals surface area contributed by atoms with Gasteiger partial charge in [0, 0.05) is 13.1 Å². The lowest BCUT2D eigenvalue weighted by molar-refractivity contribution is -0.111. The van der Waals surface area contributed by atoms with E-state index < -0.39 is 0 Å². The lowest BCUT2D eigenvalue weighted by Crippen LogP contribution is -2.51. The molecular weight excluding hydrogens is 416 g/mol. The summed E-state index contributed by atoms with van der Waals surface area (Å²) in [6.45, 7) is 13.6. The maximum Gasteiger partial charge on any atom is 0.204 e. The van der Waals surface area contributed by atoms with Gasteiger partial charge >= 0.3 is 0 Å². The quantitative estimate of drug-likeness (QED) is 0.546. The highest BCUT2D eigenvalue weighted by atomic mass is 32.2. The zero-order valence-corrected chi connectivity index (χ0v) is 22.1. The van der Waals surface area contributed by atoms with Crippen molar-refractivity contribution < 1.29 is 9.59 Å². The second-order valence-corrected chi connectivity index (χ2v) is 11.1. The summed E-state index contributed by atoms with van der Waals surface area (Å²) >= 11 is 3.09. The Kier molecular flexibility index (Phi) is 11.9. The summed E-state index contributed by atoms with van der Waals surface area (Å²) in [7, 11) is 8.41. The van der Waals surface area contributed by atoms with Crippen LogP contribution in [0.4, 0.5) is 0 Å². The minimum Gasteiger partial charge on any atom is -0.304 e. The third-order valence-electron chi connectivity index (χ3n) is 5.98. The Hall–Kier alpha value is -0.120. The van der Waals surface area contributed by atoms with E-state index in [4.69, 9.17) is 0 Å². The molecule has 6 nitrogen and oxygen atoms in total. The summed E-state index contributed by atoms with van der Waals surface area (Å²) in [4.78, 5) is 32.0. The predicted molar refractivity (Wildman–Crippen MR) is 132 cm³/mol. The van der Waals surface area contributed by atoms with Crippen LogP contribution in [0.1, 0.15) is 53.4 Å². The zero-order chi connectivity index (χ0) is 22.9. The number of likely N-dealkylation sites (tertiary alicyclic amines) is 2. The van der Waals surface area contributed by atoms with Gasteiger partial charge in [0.2, 0.25) is 10.2 Å². The highest BCUT2D eigenvalue weighted by Crippen LogP contribution is 2.42. The number of carbonyl (C=O) groups excluding carboxylic acids is 2. The molecule has 0 aromatic rings. The second kappa shape index (κ2) is 12.8. The molecule has 0 aromatic carbocycles. The fraction of sp³-hybridized carbons (Fsp3) is 0.909. The lowest BCUT2D eigenvalue weighted by Gasteiger charge is -2.41. The van der Waals surface area contributed by atoms with Crippen LogP contribution in [0.5, 0.6) is 0 Å². The molecule has 176 valence electrons. The summed E-state index contributed by atoms with van der Waals surface area (Å²) in [5.74, 6) is 0. The molecule has 4 aliphatic rings. The first-order valence-corrected chi connectivity index (χ1v) is 13.1. The molecule has 4 aliphatic heterocycles. The van der Waals surface area contributed by atoms with Crippen molar-refractivity contribution >= 4 is 33.8 Å². The average Bonchev–Trinajstić information content (AvgIpc) is 3.12. The number of rotatable bonds is 0. The van der Waals surface area contributed by atoms with Crippen LogP contribution in [0, 0.1) is 0 Å². The molecule has 4 rings (SSSR count). The molecule has 0 N–H and O–H groups in total. The minimum absolute atomic E-state index is 0.101. The Morgan fingerprint density at radius 3 is 1.23 bits per heavy atom. The number of hydrogen-bond acceptors (Lipinski definition) is 8. The van der Waals surface area contributed by atoms with E-state index >= 15 is 0 Å². The topological polar surface area (TPSA) is 47.1 Å². The first-order valence-electron chi connectivity index (χ1n) is 11.5. The van der Waals surface area contributed by atoms with E-state index in [-0.39, 0.29) is 9.74 Å². The van der Waals surface area contributed by atoms with Gasteiger partial charge in [-0.25, -0.2) is 0 Å². The van der Waals surface area contributed by atoms with Crippen LogP contribution in [0.3, 0.4) is 0 Å². The van der Waals surface area contributed by atoms with Crippen LogP contribution in [0.15, 0.2) is 0 Å². The molecular formula is C22H44N4O2S2. The summed E-state index contributed by atoms with van der Waals surface area (Å²) in [5.41, 5.74) is 0. The SMILES string of the molecule is CC.CC.CN1CCCC2(C1)SC(=O)CN2C.CN1CCCC2(C1)SC(=O)CN2C. The van der Waals surface area contributed by atoms with Gasteiger partial charge in [-0.05, 0) is 67.0 Å². The van der Waals surface area contributed by atoms with Gasteiger partial charge in [-0.3, -0.25) is 19.4 Å². The highest BCUT2D eigenvalue weighted by molar-refractivity contribution is 8.15. The summed E-state index contributed by atoms with van der Waals surface area (Å²) in [6, 6.07) is 0. The third kappa shape index (κ3) is 6.94. The standard InChI is InChI=1S/2C9H16N2OS.2C2H6/c2*1-10-5-3-4-9(7-10)11(2)6-8(12)13-9;2*1-2/h2*3-7H2,1-2H3;2*1-2H3. The van der Waals surface area contributed by atoms with E-state index in [1.807, 2.05) is 27.7 Å². The van der Waals surface area contributed by atoms with E-state index in [9.17, 15) is 9.59 Å². The maximum absolute atomic E-state index is 11.3. The van der Waals surface area contributed by atoms with Crippen molar-refractivity contribution in [3.63, 3.8) is 0 Å². The molecule has 0 aromatic heterocycles. The fourth-order valence-corrected chi connectivity index (χ4v) is 7.39. The molecule has 2 spiro atoms. The van der Waals surface area contributed by atoms with Gasteiger partial charge < -0.3 is 9.80 Å². The van der Waals surface area contributed by atoms with Gasteiger partial charge in [-0.15, -0.1) is 0 Å². The summed E-state index contributed by atoms with van der Waals surface area (Å²) in [5, 5.41) is 0.663. The molecule has 4 heterocycles. The monoisotopic (exact) mass is 460 g/mol. The van der Waals surface area contributed by atoms with Crippen LogP contribution >= 0.6 is 23.5 Å². The molecule has 4 fully saturated rings. The number of thioether (sulfide) groups is 2. The molecule has 0 radical (unpaired) electrons. The predicted octanol–water partition coefficient (Wildman–Crippen LogP) is 3.28. The van der Waals surface area contributed by atoms with E-state index in [0.29, 0.717) is 23.3 Å². The number of nitrogens with zero attached hydrogens (tertiary/aromatic N) is 4. The van der Waals surface area contributed by atoms with E-state index in [1.165, 1.54) is 25.9 Å². The molecule has 2 unspecified atom stereocenters. The molecule has 8 heteroatoms. The van der Waals surface area contributed by atoms with Crippen molar-refractivity contribution in [2.75, 3.05) is 67.5 Å². The largest absolute Gasteiger partial charge is 0.304 e. The maximum atomic E-state index is 11.3. The fourth-order valence-electron chi connectivity index (χ4n) is 4.52. The van der Waals surface area contributed by atoms with Crippen molar-refractivity contribution in [2.24, 2.45) is 0 Å². The zero-order valence-electron chi connectivity index (χ0n) is 20.5. The van der Waals surface area contributed by atoms with Crippen molar-refractivity contribution in [3.8, 4) is 0 Å². The number of carbonyl (C=O) groups is 2. The average molecular weight is 461 g/mol. The Bertz CT molecular complexity index is 517. The van der Waals surface area contributed by atoms with E-state index in [2.05, 4.69) is 47.8 Å². The van der Waals surface area contributed by atoms with Crippen LogP contribution in [-0.4, -0.2) is 107 Å². The van der Waals surface area contributed by atoms with Crippen LogP contribution in [0.25, 0.3) is 0 Å². The Morgan fingerprint density at radius 1 is 0.667 bits per heavy atom. The summed E-state index contributed by atoms with van der Waals surface area (Å²) < 4.78 is 0. The summed E-state index contributed by atoms with van der Waals surface area (Å²) in [6.07, 6.45) is 4.73. The van der Waals surface area contributed by atoms with Gasteiger partial charge in [0.1, 0.15) is 0 Å². The van der Waals surface area contributed by atoms with Gasteiger partial charge in [0.15, 0.2) is 0 Å². The van der Waals surface area contributed by atoms with Gasteiger partial charge in [-0.1, -0.05) is 51.2 Å². The minimum atomic E-state index is 0.101. The molecule has 4 saturated heterocycles. The molecule has 0 bridgehead atoms. The first-order chi connectivity index (χ1) is 14.2. The Labute approximate surface area is 193 Å². The van der Waals surface area contributed by atoms with Crippen molar-refractivity contribution in [1.29, 1.82) is 0 Å². The van der Waals surface area contributed by atoms with E-state index in [0.717, 1.165) is 25.9 Å². The van der Waals surface area contributed by atoms with Crippen LogP contribution in [0.2, 0.25) is 0 Å². The molecule has 0 aliphatic carbocycles. The smallest absolute Gasteiger partial charge is 0.204 e. The lowest BCUT2D eigenvalue weighted by atomic mass is 10.0. The third-order valence-corrected chi connectivity index (χ3v) is 8.74. The molecule has 0 saturated carbocycles. The van der Waals surface area contributed by atoms with Crippen molar-refractivity contribution in [1.82, 2.24) is 19.6 Å². The van der Waals surface area contributed by atoms with Crippen molar-refractivity contribution in [2.45, 2.75) is 63.1 Å². The van der Waals surface area contributed by atoms with Crippen molar-refractivity contribution in [3.05, 3.63) is 0 Å². The molecule has 2 atom stereocenters. The van der Waals surface area contributed by atoms with E-state index in [1.54, 1.807) is 23.5 Å². The molecule has 30 heavy (non-hydrogen) atoms. The number of piperidine rings is 2. The highest BCUT2D eigenvalue weighted by Gasteiger charge is 2.46. The van der Waals surface area contributed by atoms with Gasteiger partial charge in [0.25, 0.3) is 0 Å². The second-order valence-electron chi connectivity index (χ2n) is 8.24. The van der Waals surface area contributed by atoms with Gasteiger partial charge in [0.05, 0.1) is 22.8 Å².